The summed E-state index contributed by atoms with van der Waals surface area (Å²) in [5.74, 6) is 1.40. The number of pyridine rings is 2. The molecule has 1 fully saturated rings. The topological polar surface area (TPSA) is 78.9 Å². The molecular weight excluding hydrogens is 290 g/mol. The lowest BCUT2D eigenvalue weighted by Crippen LogP contribution is -2.43. The molecule has 116 valence electrons. The van der Waals surface area contributed by atoms with Crippen molar-refractivity contribution in [3.8, 4) is 0 Å². The van der Waals surface area contributed by atoms with Gasteiger partial charge in [-0.15, -0.1) is 0 Å². The van der Waals surface area contributed by atoms with E-state index in [-0.39, 0.29) is 0 Å². The number of nitrogens with one attached hydrogen (secondary N) is 2. The highest BCUT2D eigenvalue weighted by atomic mass is 15.2. The summed E-state index contributed by atoms with van der Waals surface area (Å²) in [5.41, 5.74) is 2.56. The number of piperazine rings is 1. The molecule has 2 N–H and O–H groups in total. The fourth-order valence-corrected chi connectivity index (χ4v) is 2.65. The van der Waals surface area contributed by atoms with Gasteiger partial charge in [-0.3, -0.25) is 0 Å². The van der Waals surface area contributed by atoms with Gasteiger partial charge in [0.2, 0.25) is 0 Å². The molecule has 0 amide bonds. The summed E-state index contributed by atoms with van der Waals surface area (Å²) in [5, 5.41) is 6.57. The van der Waals surface area contributed by atoms with E-state index in [0.717, 1.165) is 43.2 Å². The van der Waals surface area contributed by atoms with Crippen molar-refractivity contribution in [2.75, 3.05) is 36.4 Å². The minimum Gasteiger partial charge on any atom is -0.369 e. The molecule has 23 heavy (non-hydrogen) atoms. The van der Waals surface area contributed by atoms with E-state index in [4.69, 9.17) is 0 Å². The lowest BCUT2D eigenvalue weighted by atomic mass is 10.3. The van der Waals surface area contributed by atoms with E-state index in [0.29, 0.717) is 11.5 Å². The molecule has 0 aromatic carbocycles. The summed E-state index contributed by atoms with van der Waals surface area (Å²) < 4.78 is 0. The zero-order valence-electron chi connectivity index (χ0n) is 12.6. The summed E-state index contributed by atoms with van der Waals surface area (Å²) in [4.78, 5) is 19.8. The summed E-state index contributed by atoms with van der Waals surface area (Å²) >= 11 is 0. The Bertz CT molecular complexity index is 814. The summed E-state index contributed by atoms with van der Waals surface area (Å²) in [6.07, 6.45) is 5.22. The summed E-state index contributed by atoms with van der Waals surface area (Å²) in [6.45, 7) is 4.02. The molecule has 0 spiro atoms. The van der Waals surface area contributed by atoms with E-state index in [1.807, 2.05) is 30.5 Å². The van der Waals surface area contributed by atoms with E-state index in [9.17, 15) is 0 Å². The van der Waals surface area contributed by atoms with Crippen LogP contribution in [0.3, 0.4) is 0 Å². The maximum absolute atomic E-state index is 4.46. The number of nitrogens with zero attached hydrogens (tertiary/aromatic N) is 5. The van der Waals surface area contributed by atoms with Crippen molar-refractivity contribution in [2.45, 2.75) is 0 Å². The molecule has 7 nitrogen and oxygen atoms in total. The van der Waals surface area contributed by atoms with Crippen LogP contribution in [-0.2, 0) is 0 Å². The van der Waals surface area contributed by atoms with Crippen molar-refractivity contribution in [3.63, 3.8) is 0 Å². The Balaban J connectivity index is 1.57. The van der Waals surface area contributed by atoms with Crippen LogP contribution in [0.15, 0.2) is 42.9 Å². The number of rotatable bonds is 3. The third-order valence-electron chi connectivity index (χ3n) is 3.80. The van der Waals surface area contributed by atoms with Gasteiger partial charge in [-0.25, -0.2) is 19.9 Å². The van der Waals surface area contributed by atoms with E-state index in [2.05, 4.69) is 35.5 Å². The average Bonchev–Trinajstić information content (AvgIpc) is 2.63. The monoisotopic (exact) mass is 307 g/mol. The fraction of sp³-hybridized carbons (Fsp3) is 0.250. The van der Waals surface area contributed by atoms with Gasteiger partial charge in [-0.1, -0.05) is 0 Å². The lowest BCUT2D eigenvalue weighted by Gasteiger charge is -2.29. The minimum absolute atomic E-state index is 0.621. The predicted octanol–water partition coefficient (Wildman–Crippen LogP) is 1.57. The van der Waals surface area contributed by atoms with Gasteiger partial charge in [0.1, 0.15) is 11.3 Å². The van der Waals surface area contributed by atoms with Gasteiger partial charge in [0.05, 0.1) is 6.20 Å². The van der Waals surface area contributed by atoms with Crippen LogP contribution < -0.4 is 15.5 Å². The van der Waals surface area contributed by atoms with Gasteiger partial charge >= 0.3 is 0 Å². The van der Waals surface area contributed by atoms with Gasteiger partial charge in [-0.05, 0) is 18.2 Å². The highest BCUT2D eigenvalue weighted by molar-refractivity contribution is 5.71. The van der Waals surface area contributed by atoms with Crippen LogP contribution in [0, 0.1) is 0 Å². The van der Waals surface area contributed by atoms with Gasteiger partial charge in [0.25, 0.3) is 0 Å². The molecule has 1 aliphatic rings. The highest BCUT2D eigenvalue weighted by Gasteiger charge is 2.11. The number of anilines is 3. The molecular formula is C16H17N7. The molecule has 0 atom stereocenters. The maximum Gasteiger partial charge on any atom is 0.180 e. The van der Waals surface area contributed by atoms with Crippen LogP contribution in [0.1, 0.15) is 0 Å². The van der Waals surface area contributed by atoms with Gasteiger partial charge in [0, 0.05) is 50.3 Å². The Morgan fingerprint density at radius 3 is 2.83 bits per heavy atom. The molecule has 0 aliphatic carbocycles. The van der Waals surface area contributed by atoms with Crippen molar-refractivity contribution in [3.05, 3.63) is 42.9 Å². The largest absolute Gasteiger partial charge is 0.369 e. The SMILES string of the molecule is c1cnc2nc(Nc3cc(N4CCNCC4)ccn3)cnc2c1. The van der Waals surface area contributed by atoms with Gasteiger partial charge in [0.15, 0.2) is 11.5 Å². The zero-order valence-corrected chi connectivity index (χ0v) is 12.6. The van der Waals surface area contributed by atoms with Crippen molar-refractivity contribution in [1.82, 2.24) is 25.3 Å². The molecule has 1 aliphatic heterocycles. The first-order chi connectivity index (χ1) is 11.4. The Labute approximate surface area is 133 Å². The van der Waals surface area contributed by atoms with Crippen LogP contribution in [0.2, 0.25) is 0 Å². The van der Waals surface area contributed by atoms with Crippen LogP contribution in [0.25, 0.3) is 11.2 Å². The molecule has 0 bridgehead atoms. The standard InChI is InChI=1S/C16H17N7/c1-2-13-16(19-4-1)22-15(11-20-13)21-14-10-12(3-5-18-14)23-8-6-17-7-9-23/h1-5,10-11,17H,6-9H2,(H,18,19,21,22). The molecule has 4 rings (SSSR count). The average molecular weight is 307 g/mol. The van der Waals surface area contributed by atoms with E-state index >= 15 is 0 Å². The number of aromatic nitrogens is 4. The third-order valence-corrected chi connectivity index (χ3v) is 3.80. The first kappa shape index (κ1) is 13.8. The highest BCUT2D eigenvalue weighted by Crippen LogP contribution is 2.20. The van der Waals surface area contributed by atoms with Crippen molar-refractivity contribution in [2.24, 2.45) is 0 Å². The van der Waals surface area contributed by atoms with E-state index < -0.39 is 0 Å². The smallest absolute Gasteiger partial charge is 0.180 e. The van der Waals surface area contributed by atoms with Crippen molar-refractivity contribution < 1.29 is 0 Å². The lowest BCUT2D eigenvalue weighted by molar-refractivity contribution is 0.589. The van der Waals surface area contributed by atoms with Crippen molar-refractivity contribution >= 4 is 28.5 Å². The van der Waals surface area contributed by atoms with Crippen LogP contribution >= 0.6 is 0 Å². The molecule has 3 aromatic heterocycles. The number of fused-ring (bicyclic) bond motifs is 1. The Kier molecular flexibility index (Phi) is 3.69. The minimum atomic E-state index is 0.621. The predicted molar refractivity (Wildman–Crippen MR) is 89.9 cm³/mol. The second-order valence-electron chi connectivity index (χ2n) is 5.36. The zero-order chi connectivity index (χ0) is 15.5. The second-order valence-corrected chi connectivity index (χ2v) is 5.36. The van der Waals surface area contributed by atoms with Crippen molar-refractivity contribution in [1.29, 1.82) is 0 Å². The third kappa shape index (κ3) is 3.04. The van der Waals surface area contributed by atoms with Crippen LogP contribution in [0.5, 0.6) is 0 Å². The Hall–Kier alpha value is -2.80. The molecule has 0 unspecified atom stereocenters. The molecule has 7 heteroatoms. The second kappa shape index (κ2) is 6.13. The quantitative estimate of drug-likeness (QED) is 0.760. The maximum atomic E-state index is 4.46. The molecule has 0 radical (unpaired) electrons. The number of hydrogen-bond acceptors (Lipinski definition) is 7. The first-order valence-electron chi connectivity index (χ1n) is 7.65. The number of hydrogen-bond donors (Lipinski definition) is 2. The van der Waals surface area contributed by atoms with Crippen LogP contribution in [-0.4, -0.2) is 46.1 Å². The van der Waals surface area contributed by atoms with E-state index in [1.54, 1.807) is 12.4 Å². The molecule has 0 saturated carbocycles. The molecule has 1 saturated heterocycles. The van der Waals surface area contributed by atoms with E-state index in [1.165, 1.54) is 0 Å². The van der Waals surface area contributed by atoms with Crippen LogP contribution in [0.4, 0.5) is 17.3 Å². The summed E-state index contributed by atoms with van der Waals surface area (Å²) in [7, 11) is 0. The normalized spacial score (nSPS) is 14.9. The van der Waals surface area contributed by atoms with Gasteiger partial charge < -0.3 is 15.5 Å². The molecule has 4 heterocycles. The fourth-order valence-electron chi connectivity index (χ4n) is 2.65. The Morgan fingerprint density at radius 2 is 1.91 bits per heavy atom. The molecule has 3 aromatic rings. The summed E-state index contributed by atoms with van der Waals surface area (Å²) in [6, 6.07) is 7.81. The van der Waals surface area contributed by atoms with Gasteiger partial charge in [-0.2, -0.15) is 0 Å². The Morgan fingerprint density at radius 1 is 1.00 bits per heavy atom. The first-order valence-corrected chi connectivity index (χ1v) is 7.65.